The molecule has 0 spiro atoms. The zero-order chi connectivity index (χ0) is 18.7. The van der Waals surface area contributed by atoms with E-state index in [0.29, 0.717) is 17.2 Å². The second-order valence-electron chi connectivity index (χ2n) is 5.72. The van der Waals surface area contributed by atoms with Gasteiger partial charge in [0, 0.05) is 16.4 Å². The van der Waals surface area contributed by atoms with E-state index in [0.717, 1.165) is 16.0 Å². The first-order chi connectivity index (χ1) is 12.4. The first-order valence-corrected chi connectivity index (χ1v) is 10.4. The maximum Gasteiger partial charge on any atom is 0.226 e. The summed E-state index contributed by atoms with van der Waals surface area (Å²) in [6.07, 6.45) is 1.58. The van der Waals surface area contributed by atoms with Crippen LogP contribution in [0.25, 0.3) is 10.6 Å². The molecule has 9 heteroatoms. The molecule has 1 amide bonds. The fraction of sp³-hybridized carbons (Fsp3) is 0.294. The lowest BCUT2D eigenvalue weighted by atomic mass is 10.2. The van der Waals surface area contributed by atoms with Crippen molar-refractivity contribution in [1.29, 1.82) is 0 Å². The molecule has 26 heavy (non-hydrogen) atoms. The third kappa shape index (κ3) is 4.23. The molecule has 0 aliphatic carbocycles. The number of aromatic nitrogens is 1. The fourth-order valence-corrected chi connectivity index (χ4v) is 4.63. The summed E-state index contributed by atoms with van der Waals surface area (Å²) in [7, 11) is -0.0510. The van der Waals surface area contributed by atoms with Gasteiger partial charge in [0.25, 0.3) is 0 Å². The van der Waals surface area contributed by atoms with Crippen molar-refractivity contribution in [2.45, 2.75) is 12.5 Å². The molecule has 1 aromatic heterocycles. The van der Waals surface area contributed by atoms with Gasteiger partial charge in [0.05, 0.1) is 38.1 Å². The predicted octanol–water partition coefficient (Wildman–Crippen LogP) is 1.80. The number of hydrogen-bond donors (Lipinski definition) is 1. The standard InChI is InChI=1S/C17H18N2O5S2/c1-23-14-4-3-11(7-15(14)24-2)17-19-13(9-25-17)8-16(20)18-12-5-6-26(21,22)10-12/h3-7,9,12H,8,10H2,1-2H3,(H,18,20)/t12-/m0/s1. The Balaban J connectivity index is 1.66. The van der Waals surface area contributed by atoms with E-state index >= 15 is 0 Å². The maximum absolute atomic E-state index is 12.1. The molecule has 3 rings (SSSR count). The molecule has 138 valence electrons. The average molecular weight is 394 g/mol. The Morgan fingerprint density at radius 3 is 2.73 bits per heavy atom. The zero-order valence-corrected chi connectivity index (χ0v) is 15.9. The van der Waals surface area contributed by atoms with Crippen molar-refractivity contribution >= 4 is 27.1 Å². The van der Waals surface area contributed by atoms with Gasteiger partial charge in [-0.15, -0.1) is 11.3 Å². The van der Waals surface area contributed by atoms with Crippen LogP contribution in [0.5, 0.6) is 11.5 Å². The highest BCUT2D eigenvalue weighted by molar-refractivity contribution is 7.94. The number of amides is 1. The van der Waals surface area contributed by atoms with Gasteiger partial charge in [-0.3, -0.25) is 4.79 Å². The van der Waals surface area contributed by atoms with Crippen LogP contribution < -0.4 is 14.8 Å². The van der Waals surface area contributed by atoms with E-state index in [1.54, 1.807) is 20.3 Å². The summed E-state index contributed by atoms with van der Waals surface area (Å²) in [5, 5.41) is 6.40. The van der Waals surface area contributed by atoms with E-state index in [9.17, 15) is 13.2 Å². The van der Waals surface area contributed by atoms with Gasteiger partial charge in [-0.05, 0) is 24.3 Å². The summed E-state index contributed by atoms with van der Waals surface area (Å²) in [4.78, 5) is 16.6. The lowest BCUT2D eigenvalue weighted by Crippen LogP contribution is -2.36. The van der Waals surface area contributed by atoms with Crippen molar-refractivity contribution in [2.24, 2.45) is 0 Å². The van der Waals surface area contributed by atoms with E-state index in [4.69, 9.17) is 9.47 Å². The van der Waals surface area contributed by atoms with Gasteiger partial charge in [0.1, 0.15) is 5.01 Å². The highest BCUT2D eigenvalue weighted by Crippen LogP contribution is 2.33. The molecule has 1 aliphatic rings. The van der Waals surface area contributed by atoms with Gasteiger partial charge >= 0.3 is 0 Å². The Labute approximate surface area is 155 Å². The lowest BCUT2D eigenvalue weighted by Gasteiger charge is -2.09. The highest BCUT2D eigenvalue weighted by atomic mass is 32.2. The number of hydrogen-bond acceptors (Lipinski definition) is 7. The first kappa shape index (κ1) is 18.4. The van der Waals surface area contributed by atoms with Crippen molar-refractivity contribution < 1.29 is 22.7 Å². The van der Waals surface area contributed by atoms with E-state index in [1.165, 1.54) is 17.4 Å². The summed E-state index contributed by atoms with van der Waals surface area (Å²) >= 11 is 1.42. The van der Waals surface area contributed by atoms with Crippen LogP contribution in [0, 0.1) is 0 Å². The second-order valence-corrected chi connectivity index (χ2v) is 8.51. The topological polar surface area (TPSA) is 94.6 Å². The Morgan fingerprint density at radius 2 is 2.08 bits per heavy atom. The van der Waals surface area contributed by atoms with Crippen molar-refractivity contribution in [3.63, 3.8) is 0 Å². The minimum Gasteiger partial charge on any atom is -0.493 e. The molecule has 1 N–H and O–H groups in total. The lowest BCUT2D eigenvalue weighted by molar-refractivity contribution is -0.120. The van der Waals surface area contributed by atoms with Crippen molar-refractivity contribution in [1.82, 2.24) is 10.3 Å². The molecule has 0 fully saturated rings. The van der Waals surface area contributed by atoms with Gasteiger partial charge in [0.15, 0.2) is 21.3 Å². The van der Waals surface area contributed by atoms with Crippen LogP contribution >= 0.6 is 11.3 Å². The molecule has 7 nitrogen and oxygen atoms in total. The van der Waals surface area contributed by atoms with Gasteiger partial charge in [0.2, 0.25) is 5.91 Å². The van der Waals surface area contributed by atoms with Crippen molar-refractivity contribution in [3.05, 3.63) is 40.8 Å². The summed E-state index contributed by atoms with van der Waals surface area (Å²) < 4.78 is 33.3. The Hall–Kier alpha value is -2.39. The van der Waals surface area contributed by atoms with Crippen LogP contribution in [0.3, 0.4) is 0 Å². The minimum atomic E-state index is -3.19. The number of carbonyl (C=O) groups is 1. The van der Waals surface area contributed by atoms with Crippen LogP contribution in [0.4, 0.5) is 0 Å². The number of rotatable bonds is 6. The molecule has 0 radical (unpaired) electrons. The summed E-state index contributed by atoms with van der Waals surface area (Å²) in [6, 6.07) is 5.03. The van der Waals surface area contributed by atoms with Crippen molar-refractivity contribution in [3.8, 4) is 22.1 Å². The number of thiazole rings is 1. The number of methoxy groups -OCH3 is 2. The van der Waals surface area contributed by atoms with Gasteiger partial charge in [-0.1, -0.05) is 0 Å². The molecule has 1 aliphatic heterocycles. The monoisotopic (exact) mass is 394 g/mol. The summed E-state index contributed by atoms with van der Waals surface area (Å²) in [6.45, 7) is 0. The van der Waals surface area contributed by atoms with E-state index in [1.807, 2.05) is 17.5 Å². The summed E-state index contributed by atoms with van der Waals surface area (Å²) in [5.74, 6) is 0.883. The predicted molar refractivity (Wildman–Crippen MR) is 99.2 cm³/mol. The first-order valence-electron chi connectivity index (χ1n) is 7.77. The number of carbonyl (C=O) groups excluding carboxylic acids is 1. The maximum atomic E-state index is 12.1. The molecule has 0 unspecified atom stereocenters. The average Bonchev–Trinajstić information content (AvgIpc) is 3.20. The Morgan fingerprint density at radius 1 is 1.31 bits per heavy atom. The molecule has 0 saturated carbocycles. The Kier molecular flexibility index (Phi) is 5.28. The number of ether oxygens (including phenoxy) is 2. The fourth-order valence-electron chi connectivity index (χ4n) is 2.58. The summed E-state index contributed by atoms with van der Waals surface area (Å²) in [5.41, 5.74) is 1.49. The van der Waals surface area contributed by atoms with Crippen LogP contribution in [-0.4, -0.2) is 45.3 Å². The molecule has 1 aromatic carbocycles. The van der Waals surface area contributed by atoms with Crippen LogP contribution in [0.15, 0.2) is 35.1 Å². The van der Waals surface area contributed by atoms with Gasteiger partial charge in [-0.25, -0.2) is 13.4 Å². The molecular weight excluding hydrogens is 376 g/mol. The SMILES string of the molecule is COc1ccc(-c2nc(CC(=O)N[C@H]3C=CS(=O)(=O)C3)cs2)cc1OC. The number of nitrogens with one attached hydrogen (secondary N) is 1. The van der Waals surface area contributed by atoms with Gasteiger partial charge in [-0.2, -0.15) is 0 Å². The van der Waals surface area contributed by atoms with E-state index < -0.39 is 15.9 Å². The molecule has 0 bridgehead atoms. The smallest absolute Gasteiger partial charge is 0.226 e. The number of sulfone groups is 1. The number of benzene rings is 1. The molecular formula is C17H18N2O5S2. The largest absolute Gasteiger partial charge is 0.493 e. The highest BCUT2D eigenvalue weighted by Gasteiger charge is 2.23. The quantitative estimate of drug-likeness (QED) is 0.803. The molecule has 0 saturated heterocycles. The van der Waals surface area contributed by atoms with E-state index in [-0.39, 0.29) is 18.1 Å². The molecule has 2 heterocycles. The van der Waals surface area contributed by atoms with Crippen molar-refractivity contribution in [2.75, 3.05) is 20.0 Å². The van der Waals surface area contributed by atoms with E-state index in [2.05, 4.69) is 10.3 Å². The van der Waals surface area contributed by atoms with Crippen LogP contribution in [-0.2, 0) is 21.1 Å². The normalized spacial score (nSPS) is 17.8. The van der Waals surface area contributed by atoms with Crippen LogP contribution in [0.2, 0.25) is 0 Å². The second kappa shape index (κ2) is 7.46. The third-order valence-corrected chi connectivity index (χ3v) is 6.14. The molecule has 1 atom stereocenters. The zero-order valence-electron chi connectivity index (χ0n) is 14.3. The third-order valence-electron chi connectivity index (χ3n) is 3.80. The Bertz CT molecular complexity index is 950. The van der Waals surface area contributed by atoms with Gasteiger partial charge < -0.3 is 14.8 Å². The van der Waals surface area contributed by atoms with Crippen LogP contribution in [0.1, 0.15) is 5.69 Å². The number of nitrogens with zero attached hydrogens (tertiary/aromatic N) is 1. The molecule has 2 aromatic rings. The minimum absolute atomic E-state index is 0.0906.